The molecule has 1 rings (SSSR count). The summed E-state index contributed by atoms with van der Waals surface area (Å²) in [6, 6.07) is 4.13. The highest BCUT2D eigenvalue weighted by Gasteiger charge is 2.12. The van der Waals surface area contributed by atoms with Gasteiger partial charge in [0.25, 0.3) is 0 Å². The fraction of sp³-hybridized carbons (Fsp3) is 0.500. The lowest BCUT2D eigenvalue weighted by Gasteiger charge is -2.16. The molecule has 2 atom stereocenters. The van der Waals surface area contributed by atoms with Crippen molar-refractivity contribution in [3.63, 3.8) is 0 Å². The molecule has 1 nitrogen and oxygen atoms in total. The van der Waals surface area contributed by atoms with E-state index < -0.39 is 0 Å². The molecule has 0 radical (unpaired) electrons. The van der Waals surface area contributed by atoms with E-state index in [4.69, 9.17) is 0 Å². The van der Waals surface area contributed by atoms with Gasteiger partial charge in [0.1, 0.15) is 0 Å². The number of pyridine rings is 1. The largest absolute Gasteiger partial charge is 0.264 e. The van der Waals surface area contributed by atoms with E-state index in [0.29, 0.717) is 11.8 Å². The maximum Gasteiger partial charge on any atom is 0.0302 e. The first-order valence-corrected chi connectivity index (χ1v) is 5.33. The second-order valence-corrected chi connectivity index (χ2v) is 3.85. The lowest BCUT2D eigenvalue weighted by Crippen LogP contribution is -2.07. The van der Waals surface area contributed by atoms with E-state index in [-0.39, 0.29) is 0 Å². The van der Waals surface area contributed by atoms with Gasteiger partial charge >= 0.3 is 0 Å². The molecule has 0 aromatic carbocycles. The zero-order valence-corrected chi connectivity index (χ0v) is 9.08. The Bertz CT molecular complexity index is 223. The normalized spacial score (nSPS) is 15.6. The average molecular weight is 228 g/mol. The average Bonchev–Trinajstić information content (AvgIpc) is 2.17. The van der Waals surface area contributed by atoms with Gasteiger partial charge in [-0.15, -0.1) is 0 Å². The van der Waals surface area contributed by atoms with Crippen LogP contribution >= 0.6 is 15.9 Å². The summed E-state index contributed by atoms with van der Waals surface area (Å²) in [5, 5.41) is 1.04. The van der Waals surface area contributed by atoms with Gasteiger partial charge in [0.05, 0.1) is 0 Å². The van der Waals surface area contributed by atoms with Crippen molar-refractivity contribution in [2.24, 2.45) is 5.92 Å². The van der Waals surface area contributed by atoms with E-state index >= 15 is 0 Å². The maximum absolute atomic E-state index is 4.11. The molecule has 0 bridgehead atoms. The summed E-state index contributed by atoms with van der Waals surface area (Å²) in [5.41, 5.74) is 1.32. The van der Waals surface area contributed by atoms with Crippen LogP contribution in [0.1, 0.15) is 25.3 Å². The van der Waals surface area contributed by atoms with E-state index in [1.165, 1.54) is 5.56 Å². The van der Waals surface area contributed by atoms with Crippen molar-refractivity contribution in [1.29, 1.82) is 0 Å². The molecule has 1 heterocycles. The van der Waals surface area contributed by atoms with Crippen molar-refractivity contribution in [3.8, 4) is 0 Å². The Morgan fingerprint density at radius 3 is 2.75 bits per heavy atom. The molecule has 0 aliphatic rings. The number of hydrogen-bond acceptors (Lipinski definition) is 1. The summed E-state index contributed by atoms with van der Waals surface area (Å²) in [4.78, 5) is 4.11. The number of alkyl halides is 1. The SMILES string of the molecule is CC(CBr)C(C)c1cccnc1. The standard InChI is InChI=1S/C10H14BrN/c1-8(6-11)9(2)10-4-3-5-12-7-10/h3-5,7-9H,6H2,1-2H3. The molecule has 0 aliphatic heterocycles. The van der Waals surface area contributed by atoms with Crippen molar-refractivity contribution < 1.29 is 0 Å². The van der Waals surface area contributed by atoms with Gasteiger partial charge in [0.2, 0.25) is 0 Å². The van der Waals surface area contributed by atoms with Crippen molar-refractivity contribution >= 4 is 15.9 Å². The molecule has 0 saturated carbocycles. The Morgan fingerprint density at radius 1 is 1.50 bits per heavy atom. The zero-order valence-electron chi connectivity index (χ0n) is 7.50. The fourth-order valence-corrected chi connectivity index (χ4v) is 1.67. The first kappa shape index (κ1) is 9.72. The fourth-order valence-electron chi connectivity index (χ4n) is 1.11. The third-order valence-electron chi connectivity index (χ3n) is 2.31. The molecule has 0 amide bonds. The van der Waals surface area contributed by atoms with Crippen LogP contribution in [0.2, 0.25) is 0 Å². The van der Waals surface area contributed by atoms with Gasteiger partial charge in [-0.2, -0.15) is 0 Å². The predicted octanol–water partition coefficient (Wildman–Crippen LogP) is 3.22. The van der Waals surface area contributed by atoms with Crippen LogP contribution in [0.25, 0.3) is 0 Å². The van der Waals surface area contributed by atoms with Crippen LogP contribution in [0.4, 0.5) is 0 Å². The minimum Gasteiger partial charge on any atom is -0.264 e. The van der Waals surface area contributed by atoms with Crippen molar-refractivity contribution in [1.82, 2.24) is 4.98 Å². The summed E-state index contributed by atoms with van der Waals surface area (Å²) >= 11 is 3.49. The van der Waals surface area contributed by atoms with Crippen molar-refractivity contribution in [2.45, 2.75) is 19.8 Å². The molecule has 1 aromatic heterocycles. The topological polar surface area (TPSA) is 12.9 Å². The molecule has 0 fully saturated rings. The second-order valence-electron chi connectivity index (χ2n) is 3.21. The maximum atomic E-state index is 4.11. The Morgan fingerprint density at radius 2 is 2.25 bits per heavy atom. The zero-order chi connectivity index (χ0) is 8.97. The van der Waals surface area contributed by atoms with E-state index in [0.717, 1.165) is 5.33 Å². The summed E-state index contributed by atoms with van der Waals surface area (Å²) < 4.78 is 0. The van der Waals surface area contributed by atoms with Crippen LogP contribution in [0.15, 0.2) is 24.5 Å². The molecule has 2 unspecified atom stereocenters. The Hall–Kier alpha value is -0.370. The smallest absolute Gasteiger partial charge is 0.0302 e. The molecule has 66 valence electrons. The second kappa shape index (κ2) is 4.61. The molecule has 1 aromatic rings. The number of halogens is 1. The van der Waals surface area contributed by atoms with Crippen molar-refractivity contribution in [3.05, 3.63) is 30.1 Å². The van der Waals surface area contributed by atoms with Crippen LogP contribution in [0.3, 0.4) is 0 Å². The molecule has 0 spiro atoms. The molecule has 0 N–H and O–H groups in total. The number of hydrogen-bond donors (Lipinski definition) is 0. The number of nitrogens with zero attached hydrogens (tertiary/aromatic N) is 1. The molecular formula is C10H14BrN. The Kier molecular flexibility index (Phi) is 3.73. The molecule has 0 saturated heterocycles. The summed E-state index contributed by atoms with van der Waals surface area (Å²) in [7, 11) is 0. The first-order chi connectivity index (χ1) is 5.75. The van der Waals surface area contributed by atoms with Gasteiger partial charge in [-0.1, -0.05) is 35.8 Å². The minimum atomic E-state index is 0.582. The molecule has 0 aliphatic carbocycles. The third-order valence-corrected chi connectivity index (χ3v) is 3.33. The summed E-state index contributed by atoms with van der Waals surface area (Å²) in [6.45, 7) is 4.48. The van der Waals surface area contributed by atoms with Gasteiger partial charge in [0.15, 0.2) is 0 Å². The van der Waals surface area contributed by atoms with Gasteiger partial charge in [-0.05, 0) is 23.5 Å². The minimum absolute atomic E-state index is 0.582. The Balaban J connectivity index is 2.71. The lowest BCUT2D eigenvalue weighted by molar-refractivity contribution is 0.545. The number of aromatic nitrogens is 1. The van der Waals surface area contributed by atoms with Crippen LogP contribution in [0, 0.1) is 5.92 Å². The van der Waals surface area contributed by atoms with Crippen LogP contribution < -0.4 is 0 Å². The third kappa shape index (κ3) is 2.31. The van der Waals surface area contributed by atoms with Crippen molar-refractivity contribution in [2.75, 3.05) is 5.33 Å². The van der Waals surface area contributed by atoms with Gasteiger partial charge < -0.3 is 0 Å². The van der Waals surface area contributed by atoms with E-state index in [1.807, 2.05) is 18.5 Å². The van der Waals surface area contributed by atoms with Gasteiger partial charge in [-0.25, -0.2) is 0 Å². The summed E-state index contributed by atoms with van der Waals surface area (Å²) in [6.07, 6.45) is 3.76. The number of rotatable bonds is 3. The van der Waals surface area contributed by atoms with E-state index in [1.54, 1.807) is 0 Å². The lowest BCUT2D eigenvalue weighted by atomic mass is 9.92. The Labute approximate surface area is 82.3 Å². The van der Waals surface area contributed by atoms with E-state index in [2.05, 4.69) is 40.8 Å². The molecular weight excluding hydrogens is 214 g/mol. The quantitative estimate of drug-likeness (QED) is 0.724. The monoisotopic (exact) mass is 227 g/mol. The van der Waals surface area contributed by atoms with Gasteiger partial charge in [-0.3, -0.25) is 4.98 Å². The molecule has 2 heteroatoms. The van der Waals surface area contributed by atoms with Crippen LogP contribution in [-0.4, -0.2) is 10.3 Å². The highest BCUT2D eigenvalue weighted by molar-refractivity contribution is 9.09. The molecule has 12 heavy (non-hydrogen) atoms. The predicted molar refractivity (Wildman–Crippen MR) is 55.6 cm³/mol. The van der Waals surface area contributed by atoms with Crippen LogP contribution in [-0.2, 0) is 0 Å². The summed E-state index contributed by atoms with van der Waals surface area (Å²) in [5.74, 6) is 1.24. The first-order valence-electron chi connectivity index (χ1n) is 4.21. The van der Waals surface area contributed by atoms with E-state index in [9.17, 15) is 0 Å². The highest BCUT2D eigenvalue weighted by atomic mass is 79.9. The highest BCUT2D eigenvalue weighted by Crippen LogP contribution is 2.24. The van der Waals surface area contributed by atoms with Crippen LogP contribution in [0.5, 0.6) is 0 Å². The van der Waals surface area contributed by atoms with Gasteiger partial charge in [0, 0.05) is 17.7 Å².